The van der Waals surface area contributed by atoms with E-state index in [1.807, 2.05) is 41.8 Å². The van der Waals surface area contributed by atoms with Crippen molar-refractivity contribution < 1.29 is 9.53 Å². The minimum atomic E-state index is 0.336. The van der Waals surface area contributed by atoms with Crippen LogP contribution in [0, 0.1) is 11.3 Å². The Balaban J connectivity index is 2.10. The van der Waals surface area contributed by atoms with Crippen molar-refractivity contribution in [2.24, 2.45) is 0 Å². The molecule has 0 aliphatic carbocycles. The number of nitriles is 1. The van der Waals surface area contributed by atoms with Gasteiger partial charge in [-0.25, -0.2) is 4.98 Å². The Morgan fingerprint density at radius 2 is 2.24 bits per heavy atom. The minimum absolute atomic E-state index is 0.336. The molecule has 0 unspecified atom stereocenters. The molecular formula is C19H15N3O2S. The number of rotatable bonds is 6. The Morgan fingerprint density at radius 3 is 2.92 bits per heavy atom. The van der Waals surface area contributed by atoms with Crippen LogP contribution in [0.25, 0.3) is 22.0 Å². The van der Waals surface area contributed by atoms with E-state index in [9.17, 15) is 4.79 Å². The van der Waals surface area contributed by atoms with Crippen molar-refractivity contribution in [3.63, 3.8) is 0 Å². The predicted molar refractivity (Wildman–Crippen MR) is 100 cm³/mol. The first-order valence-electron chi connectivity index (χ1n) is 7.50. The third-order valence-corrected chi connectivity index (χ3v) is 4.53. The van der Waals surface area contributed by atoms with Crippen molar-refractivity contribution in [2.75, 3.05) is 19.0 Å². The summed E-state index contributed by atoms with van der Waals surface area (Å²) in [6.07, 6.45) is 0.749. The normalized spacial score (nSPS) is 10.2. The Morgan fingerprint density at radius 1 is 1.44 bits per heavy atom. The quantitative estimate of drug-likeness (QED) is 0.531. The van der Waals surface area contributed by atoms with E-state index >= 15 is 0 Å². The van der Waals surface area contributed by atoms with Crippen molar-refractivity contribution in [3.05, 3.63) is 52.9 Å². The molecule has 0 fully saturated rings. The molecule has 0 bridgehead atoms. The number of carbonyl (C=O) groups is 1. The van der Waals surface area contributed by atoms with Crippen molar-refractivity contribution in [2.45, 2.75) is 0 Å². The van der Waals surface area contributed by atoms with E-state index in [-0.39, 0.29) is 0 Å². The fourth-order valence-corrected chi connectivity index (χ4v) is 3.15. The second kappa shape index (κ2) is 7.16. The van der Waals surface area contributed by atoms with Crippen LogP contribution in [0.4, 0.5) is 5.69 Å². The molecule has 0 atom stereocenters. The monoisotopic (exact) mass is 349 g/mol. The zero-order valence-corrected chi connectivity index (χ0v) is 14.4. The zero-order chi connectivity index (χ0) is 17.8. The van der Waals surface area contributed by atoms with Crippen LogP contribution >= 0.6 is 11.3 Å². The highest BCUT2D eigenvalue weighted by atomic mass is 32.1. The van der Waals surface area contributed by atoms with Gasteiger partial charge in [0.15, 0.2) is 11.3 Å². The van der Waals surface area contributed by atoms with Gasteiger partial charge in [-0.2, -0.15) is 5.26 Å². The number of benzene rings is 2. The number of ether oxygens (including phenoxy) is 1. The maximum absolute atomic E-state index is 10.9. The van der Waals surface area contributed by atoms with Crippen LogP contribution in [-0.2, 0) is 0 Å². The molecule has 124 valence electrons. The molecule has 1 N–H and O–H groups in total. The summed E-state index contributed by atoms with van der Waals surface area (Å²) >= 11 is 1.31. The number of fused-ring (bicyclic) bond motifs is 1. The highest BCUT2D eigenvalue weighted by Gasteiger charge is 2.11. The van der Waals surface area contributed by atoms with Gasteiger partial charge in [0.1, 0.15) is 5.75 Å². The molecule has 0 amide bonds. The van der Waals surface area contributed by atoms with Crippen molar-refractivity contribution in [3.8, 4) is 23.1 Å². The summed E-state index contributed by atoms with van der Waals surface area (Å²) in [5, 5.41) is 16.4. The molecule has 1 aromatic heterocycles. The molecule has 25 heavy (non-hydrogen) atoms. The lowest BCUT2D eigenvalue weighted by Crippen LogP contribution is -2.05. The highest BCUT2D eigenvalue weighted by molar-refractivity contribution is 7.11. The Hall–Kier alpha value is -3.17. The lowest BCUT2D eigenvalue weighted by Gasteiger charge is -2.14. The first kappa shape index (κ1) is 16.7. The summed E-state index contributed by atoms with van der Waals surface area (Å²) < 4.78 is 5.45. The second-order valence-corrected chi connectivity index (χ2v) is 6.23. The molecule has 2 aromatic carbocycles. The highest BCUT2D eigenvalue weighted by Crippen LogP contribution is 2.36. The van der Waals surface area contributed by atoms with Crippen molar-refractivity contribution in [1.82, 2.24) is 4.98 Å². The third-order valence-electron chi connectivity index (χ3n) is 3.76. The molecule has 0 saturated carbocycles. The smallest absolute Gasteiger partial charge is 0.178 e. The first-order valence-corrected chi connectivity index (χ1v) is 8.38. The molecular weight excluding hydrogens is 334 g/mol. The molecule has 3 rings (SSSR count). The molecule has 6 heteroatoms. The van der Waals surface area contributed by atoms with Gasteiger partial charge in [-0.15, -0.1) is 11.3 Å². The van der Waals surface area contributed by atoms with Gasteiger partial charge >= 0.3 is 0 Å². The second-order valence-electron chi connectivity index (χ2n) is 5.34. The number of nitrogens with one attached hydrogen (secondary N) is 1. The van der Waals surface area contributed by atoms with E-state index in [1.165, 1.54) is 11.3 Å². The maximum atomic E-state index is 10.9. The zero-order valence-electron chi connectivity index (χ0n) is 13.6. The van der Waals surface area contributed by atoms with Gasteiger partial charge in [0, 0.05) is 28.4 Å². The van der Waals surface area contributed by atoms with Crippen LogP contribution < -0.4 is 10.1 Å². The summed E-state index contributed by atoms with van der Waals surface area (Å²) in [7, 11) is 1.60. The molecule has 0 radical (unpaired) electrons. The summed E-state index contributed by atoms with van der Waals surface area (Å²) in [6, 6.07) is 11.8. The van der Waals surface area contributed by atoms with E-state index in [2.05, 4.69) is 16.9 Å². The van der Waals surface area contributed by atoms with Crippen LogP contribution in [0.1, 0.15) is 9.80 Å². The average molecular weight is 349 g/mol. The summed E-state index contributed by atoms with van der Waals surface area (Å²) in [4.78, 5) is 15.2. The summed E-state index contributed by atoms with van der Waals surface area (Å²) in [5.41, 5.74) is 2.89. The number of hydrogen-bond donors (Lipinski definition) is 1. The van der Waals surface area contributed by atoms with Crippen LogP contribution in [-0.4, -0.2) is 24.9 Å². The molecule has 0 aliphatic heterocycles. The van der Waals surface area contributed by atoms with Crippen molar-refractivity contribution in [1.29, 1.82) is 5.26 Å². The van der Waals surface area contributed by atoms with Crippen LogP contribution in [0.2, 0.25) is 0 Å². The van der Waals surface area contributed by atoms with E-state index in [4.69, 9.17) is 10.00 Å². The molecule has 0 aliphatic rings. The number of methoxy groups -OCH3 is 1. The average Bonchev–Trinajstić information content (AvgIpc) is 3.14. The number of hydrogen-bond acceptors (Lipinski definition) is 6. The topological polar surface area (TPSA) is 75.0 Å². The number of nitrogens with zero attached hydrogens (tertiary/aromatic N) is 2. The number of carbonyl (C=O) groups excluding carboxylic acids is 1. The van der Waals surface area contributed by atoms with Gasteiger partial charge in [-0.05, 0) is 17.5 Å². The van der Waals surface area contributed by atoms with Crippen LogP contribution in [0.5, 0.6) is 5.75 Å². The Bertz CT molecular complexity index is 1000. The van der Waals surface area contributed by atoms with Gasteiger partial charge in [0.2, 0.25) is 0 Å². The molecule has 0 saturated heterocycles. The van der Waals surface area contributed by atoms with Crippen LogP contribution in [0.3, 0.4) is 0 Å². The third kappa shape index (κ3) is 3.37. The fourth-order valence-electron chi connectivity index (χ4n) is 2.52. The largest absolute Gasteiger partial charge is 0.495 e. The molecule has 3 aromatic rings. The predicted octanol–water partition coefficient (Wildman–Crippen LogP) is 4.28. The van der Waals surface area contributed by atoms with Gasteiger partial charge < -0.3 is 10.1 Å². The number of thiazole rings is 1. The Kier molecular flexibility index (Phi) is 4.78. The van der Waals surface area contributed by atoms with E-state index in [0.29, 0.717) is 22.9 Å². The minimum Gasteiger partial charge on any atom is -0.495 e. The molecule has 1 heterocycles. The number of aldehydes is 1. The van der Waals surface area contributed by atoms with E-state index in [0.717, 1.165) is 34.0 Å². The van der Waals surface area contributed by atoms with Gasteiger partial charge in [-0.3, -0.25) is 4.79 Å². The van der Waals surface area contributed by atoms with Crippen molar-refractivity contribution >= 4 is 34.1 Å². The van der Waals surface area contributed by atoms with Gasteiger partial charge in [-0.1, -0.05) is 24.8 Å². The molecule has 0 spiro atoms. The number of aromatic nitrogens is 1. The van der Waals surface area contributed by atoms with Crippen LogP contribution in [0.15, 0.2) is 47.9 Å². The van der Waals surface area contributed by atoms with E-state index < -0.39 is 0 Å². The SMILES string of the molecule is C=C(C#N)CNc1c(OC)ccc2ccc(-c3csc(C=O)n3)cc12. The van der Waals surface area contributed by atoms with E-state index in [1.54, 1.807) is 7.11 Å². The standard InChI is InChI=1S/C19H15N3O2S/c1-12(8-20)9-21-19-15-7-14(16-11-25-18(10-23)22-16)4-3-13(15)5-6-17(19)24-2/h3-7,10-11,21H,1,9H2,2H3. The lowest BCUT2D eigenvalue weighted by molar-refractivity contribution is 0.112. The summed E-state index contributed by atoms with van der Waals surface area (Å²) in [6.45, 7) is 4.03. The Labute approximate surface area is 149 Å². The van der Waals surface area contributed by atoms with Gasteiger partial charge in [0.05, 0.1) is 24.6 Å². The molecule has 5 nitrogen and oxygen atoms in total. The fraction of sp³-hybridized carbons (Fsp3) is 0.105. The summed E-state index contributed by atoms with van der Waals surface area (Å²) in [5.74, 6) is 0.683. The lowest BCUT2D eigenvalue weighted by atomic mass is 10.0. The maximum Gasteiger partial charge on any atom is 0.178 e. The first-order chi connectivity index (χ1) is 12.2. The van der Waals surface area contributed by atoms with Gasteiger partial charge in [0.25, 0.3) is 0 Å². The number of anilines is 1.